The number of aryl methyl sites for hydroxylation is 2. The van der Waals surface area contributed by atoms with E-state index in [1.165, 1.54) is 5.56 Å². The summed E-state index contributed by atoms with van der Waals surface area (Å²) >= 11 is 0. The molecular weight excluding hydrogens is 160 g/mol. The number of rotatable bonds is 0. The first-order valence-electron chi connectivity index (χ1n) is 4.21. The number of nitrogen functional groups attached to an aromatic ring is 1. The van der Waals surface area contributed by atoms with Gasteiger partial charge in [0.25, 0.3) is 0 Å². The second-order valence-electron chi connectivity index (χ2n) is 3.00. The number of allylic oxidation sites excluding steroid dienone is 1. The molecule has 1 aromatic rings. The number of nitrogens with zero attached hydrogens (tertiary/aromatic N) is 1. The second kappa shape index (κ2) is 4.45. The van der Waals surface area contributed by atoms with Crippen LogP contribution in [0.4, 0.5) is 5.69 Å². The van der Waals surface area contributed by atoms with E-state index in [-0.39, 0.29) is 0 Å². The van der Waals surface area contributed by atoms with Crippen molar-refractivity contribution in [3.8, 4) is 0 Å². The van der Waals surface area contributed by atoms with Crippen LogP contribution >= 0.6 is 0 Å². The largest absolute Gasteiger partial charge is 0.399 e. The zero-order valence-electron chi connectivity index (χ0n) is 7.99. The summed E-state index contributed by atoms with van der Waals surface area (Å²) in [5, 5.41) is 0. The Morgan fingerprint density at radius 2 is 1.77 bits per heavy atom. The quantitative estimate of drug-likeness (QED) is 0.603. The molecule has 0 atom stereocenters. The fraction of sp³-hybridized carbons (Fsp3) is 0.182. The molecule has 2 rings (SSSR count). The molecule has 13 heavy (non-hydrogen) atoms. The van der Waals surface area contributed by atoms with E-state index < -0.39 is 0 Å². The topological polar surface area (TPSA) is 38.4 Å². The smallest absolute Gasteiger partial charge is 0.0343 e. The first-order chi connectivity index (χ1) is 6.20. The summed E-state index contributed by atoms with van der Waals surface area (Å²) in [7, 11) is 0. The molecule has 0 amide bonds. The Morgan fingerprint density at radius 1 is 1.23 bits per heavy atom. The van der Waals surface area contributed by atoms with Crippen molar-refractivity contribution in [1.29, 1.82) is 0 Å². The van der Waals surface area contributed by atoms with Crippen molar-refractivity contribution in [2.45, 2.75) is 13.8 Å². The van der Waals surface area contributed by atoms with Gasteiger partial charge in [0.05, 0.1) is 0 Å². The Morgan fingerprint density at radius 3 is 2.08 bits per heavy atom. The fourth-order valence-corrected chi connectivity index (χ4v) is 0.912. The van der Waals surface area contributed by atoms with Crippen molar-refractivity contribution < 1.29 is 0 Å². The number of benzene rings is 1. The van der Waals surface area contributed by atoms with Crippen molar-refractivity contribution in [3.63, 3.8) is 0 Å². The predicted molar refractivity (Wildman–Crippen MR) is 58.0 cm³/mol. The third-order valence-electron chi connectivity index (χ3n) is 1.77. The minimum Gasteiger partial charge on any atom is -0.399 e. The highest BCUT2D eigenvalue weighted by atomic mass is 14.7. The predicted octanol–water partition coefficient (Wildman–Crippen LogP) is 2.47. The number of hydrogen-bond acceptors (Lipinski definition) is 2. The first kappa shape index (κ1) is 9.52. The average molecular weight is 174 g/mol. The molecule has 0 saturated carbocycles. The monoisotopic (exact) mass is 174 g/mol. The minimum atomic E-state index is 0.876. The van der Waals surface area contributed by atoms with Gasteiger partial charge in [-0.1, -0.05) is 17.7 Å². The molecule has 1 heterocycles. The molecular formula is C11H14N2. The Bertz CT molecular complexity index is 320. The number of anilines is 1. The number of nitrogens with two attached hydrogens (primary N) is 1. The molecule has 2 nitrogen and oxygen atoms in total. The highest BCUT2D eigenvalue weighted by molar-refractivity contribution is 5.76. The summed E-state index contributed by atoms with van der Waals surface area (Å²) in [6.45, 7) is 4.08. The van der Waals surface area contributed by atoms with Gasteiger partial charge >= 0.3 is 0 Å². The van der Waals surface area contributed by atoms with E-state index in [2.05, 4.69) is 18.0 Å². The van der Waals surface area contributed by atoms with E-state index >= 15 is 0 Å². The maximum Gasteiger partial charge on any atom is 0.0343 e. The first-order valence-corrected chi connectivity index (χ1v) is 4.21. The van der Waals surface area contributed by atoms with Crippen LogP contribution in [0.2, 0.25) is 0 Å². The maximum atomic E-state index is 5.59. The molecule has 0 fully saturated rings. The molecule has 0 bridgehead atoms. The van der Waals surface area contributed by atoms with E-state index in [1.807, 2.05) is 25.1 Å². The van der Waals surface area contributed by atoms with Crippen LogP contribution in [0.25, 0.3) is 0 Å². The Kier molecular flexibility index (Phi) is 3.26. The standard InChI is InChI=1S/C8H11N.C3H3N/c1-6-3-4-8(9)7(2)5-6;1-2-4-3-1/h3-5H,9H2,1-2H3;1-3H. The van der Waals surface area contributed by atoms with Crippen molar-refractivity contribution in [1.82, 2.24) is 0 Å². The molecule has 0 radical (unpaired) electrons. The maximum absolute atomic E-state index is 5.59. The summed E-state index contributed by atoms with van der Waals surface area (Å²) in [6, 6.07) is 6.03. The highest BCUT2D eigenvalue weighted by Crippen LogP contribution is 2.10. The van der Waals surface area contributed by atoms with Gasteiger partial charge in [-0.3, -0.25) is 4.99 Å². The Balaban J connectivity index is 0.000000175. The molecule has 68 valence electrons. The molecule has 0 saturated heterocycles. The normalized spacial score (nSPS) is 11.5. The Labute approximate surface area is 78.8 Å². The van der Waals surface area contributed by atoms with Gasteiger partial charge in [-0.05, 0) is 31.6 Å². The highest BCUT2D eigenvalue weighted by Gasteiger charge is 1.89. The van der Waals surface area contributed by atoms with Crippen LogP contribution < -0.4 is 5.73 Å². The molecule has 0 spiro atoms. The zero-order chi connectivity index (χ0) is 9.68. The molecule has 2 heteroatoms. The van der Waals surface area contributed by atoms with Crippen molar-refractivity contribution in [3.05, 3.63) is 41.6 Å². The van der Waals surface area contributed by atoms with Gasteiger partial charge in [-0.2, -0.15) is 0 Å². The van der Waals surface area contributed by atoms with Crippen molar-refractivity contribution >= 4 is 11.9 Å². The molecule has 2 N–H and O–H groups in total. The molecule has 0 aromatic heterocycles. The fourth-order valence-electron chi connectivity index (χ4n) is 0.912. The van der Waals surface area contributed by atoms with E-state index in [9.17, 15) is 0 Å². The summed E-state index contributed by atoms with van der Waals surface area (Å²) in [6.07, 6.45) is 5.39. The summed E-state index contributed by atoms with van der Waals surface area (Å²) in [5.41, 5.74) is 8.89. The van der Waals surface area contributed by atoms with Gasteiger partial charge in [0.15, 0.2) is 0 Å². The molecule has 1 aliphatic rings. The van der Waals surface area contributed by atoms with E-state index in [0.717, 1.165) is 11.3 Å². The van der Waals surface area contributed by atoms with Crippen LogP contribution in [0.5, 0.6) is 0 Å². The molecule has 1 aromatic carbocycles. The second-order valence-corrected chi connectivity index (χ2v) is 3.00. The summed E-state index contributed by atoms with van der Waals surface area (Å²) in [4.78, 5) is 3.61. The van der Waals surface area contributed by atoms with Crippen molar-refractivity contribution in [2.75, 3.05) is 5.73 Å². The average Bonchev–Trinajstić information content (AvgIpc) is 1.94. The van der Waals surface area contributed by atoms with E-state index in [4.69, 9.17) is 5.73 Å². The van der Waals surface area contributed by atoms with Crippen LogP contribution in [-0.2, 0) is 0 Å². The lowest BCUT2D eigenvalue weighted by Gasteiger charge is -1.98. The van der Waals surface area contributed by atoms with Crippen LogP contribution in [0.15, 0.2) is 35.5 Å². The lowest BCUT2D eigenvalue weighted by atomic mass is 10.1. The lowest BCUT2D eigenvalue weighted by molar-refractivity contribution is 1.39. The van der Waals surface area contributed by atoms with Gasteiger partial charge in [-0.25, -0.2) is 0 Å². The van der Waals surface area contributed by atoms with E-state index in [0.29, 0.717) is 0 Å². The summed E-state index contributed by atoms with van der Waals surface area (Å²) in [5.74, 6) is 0. The van der Waals surface area contributed by atoms with Crippen LogP contribution in [0, 0.1) is 13.8 Å². The molecule has 1 aliphatic heterocycles. The zero-order valence-corrected chi connectivity index (χ0v) is 7.99. The van der Waals surface area contributed by atoms with Gasteiger partial charge < -0.3 is 5.73 Å². The van der Waals surface area contributed by atoms with Gasteiger partial charge in [-0.15, -0.1) is 0 Å². The van der Waals surface area contributed by atoms with Gasteiger partial charge in [0.1, 0.15) is 0 Å². The van der Waals surface area contributed by atoms with Crippen molar-refractivity contribution in [2.24, 2.45) is 4.99 Å². The lowest BCUT2D eigenvalue weighted by Crippen LogP contribution is -1.88. The third-order valence-corrected chi connectivity index (χ3v) is 1.77. The minimum absolute atomic E-state index is 0.876. The van der Waals surface area contributed by atoms with Crippen LogP contribution in [0.1, 0.15) is 11.1 Å². The SMILES string of the molecule is C1=CN=C1.Cc1ccc(N)c(C)c1. The van der Waals surface area contributed by atoms with E-state index in [1.54, 1.807) is 12.4 Å². The Hall–Kier alpha value is -1.57. The van der Waals surface area contributed by atoms with Crippen LogP contribution in [0.3, 0.4) is 0 Å². The number of hydrogen-bond donors (Lipinski definition) is 1. The van der Waals surface area contributed by atoms with Crippen LogP contribution in [-0.4, -0.2) is 6.21 Å². The number of aliphatic imine (C=N–C) groups is 1. The molecule has 0 aliphatic carbocycles. The van der Waals surface area contributed by atoms with Gasteiger partial charge in [0.2, 0.25) is 0 Å². The molecule has 0 unspecified atom stereocenters. The van der Waals surface area contributed by atoms with Gasteiger partial charge in [0, 0.05) is 18.1 Å². The third kappa shape index (κ3) is 3.11. The summed E-state index contributed by atoms with van der Waals surface area (Å²) < 4.78 is 0.